The molecule has 0 amide bonds. The van der Waals surface area contributed by atoms with E-state index in [0.29, 0.717) is 12.4 Å². The fourth-order valence-corrected chi connectivity index (χ4v) is 1.97. The molecule has 0 heterocycles. The number of carbonyl (C=O) groups is 1. The number of hydrogen-bond acceptors (Lipinski definition) is 2. The molecule has 4 heteroatoms. The summed E-state index contributed by atoms with van der Waals surface area (Å²) in [6.07, 6.45) is 4.48. The summed E-state index contributed by atoms with van der Waals surface area (Å²) in [5.74, 6) is -0.467. The highest BCUT2D eigenvalue weighted by atomic mass is 127. The average molecular weight is 348 g/mol. The number of unbranched alkanes of at least 4 members (excludes halogenated alkanes) is 3. The number of rotatable bonds is 7. The van der Waals surface area contributed by atoms with Crippen LogP contribution >= 0.6 is 22.6 Å². The molecule has 0 aliphatic rings. The zero-order chi connectivity index (χ0) is 12.7. The maximum Gasteiger partial charge on any atom is 0.339 e. The van der Waals surface area contributed by atoms with E-state index in [0.717, 1.165) is 16.4 Å². The molecule has 0 unspecified atom stereocenters. The van der Waals surface area contributed by atoms with Crippen molar-refractivity contribution in [1.82, 2.24) is 0 Å². The van der Waals surface area contributed by atoms with Gasteiger partial charge in [-0.05, 0) is 47.2 Å². The molecule has 0 aliphatic carbocycles. The van der Waals surface area contributed by atoms with Gasteiger partial charge >= 0.3 is 5.97 Å². The lowest BCUT2D eigenvalue weighted by atomic mass is 10.2. The Morgan fingerprint density at radius 3 is 2.76 bits per heavy atom. The third-order valence-corrected chi connectivity index (χ3v) is 3.10. The van der Waals surface area contributed by atoms with Gasteiger partial charge in [0.15, 0.2) is 0 Å². The standard InChI is InChI=1S/C13H17IO3/c1-2-3-4-5-8-17-12-9-10(14)6-7-11(12)13(15)16/h6-7,9H,2-5,8H2,1H3,(H,15,16). The van der Waals surface area contributed by atoms with Gasteiger partial charge in [0.25, 0.3) is 0 Å². The SMILES string of the molecule is CCCCCCOc1cc(I)ccc1C(=O)O. The summed E-state index contributed by atoms with van der Waals surface area (Å²) in [6, 6.07) is 5.13. The van der Waals surface area contributed by atoms with E-state index in [2.05, 4.69) is 29.5 Å². The molecule has 17 heavy (non-hydrogen) atoms. The molecule has 0 saturated heterocycles. The minimum atomic E-state index is -0.940. The molecule has 0 bridgehead atoms. The second-order valence-corrected chi connectivity index (χ2v) is 5.10. The minimum Gasteiger partial charge on any atom is -0.493 e. The quantitative estimate of drug-likeness (QED) is 0.600. The van der Waals surface area contributed by atoms with Gasteiger partial charge in [-0.1, -0.05) is 26.2 Å². The van der Waals surface area contributed by atoms with Crippen LogP contribution in [0.1, 0.15) is 43.0 Å². The van der Waals surface area contributed by atoms with Crippen molar-refractivity contribution < 1.29 is 14.6 Å². The Morgan fingerprint density at radius 1 is 1.35 bits per heavy atom. The third kappa shape index (κ3) is 4.93. The summed E-state index contributed by atoms with van der Waals surface area (Å²) < 4.78 is 6.52. The molecular weight excluding hydrogens is 331 g/mol. The van der Waals surface area contributed by atoms with E-state index in [-0.39, 0.29) is 5.56 Å². The molecule has 0 radical (unpaired) electrons. The fourth-order valence-electron chi connectivity index (χ4n) is 1.50. The minimum absolute atomic E-state index is 0.237. The second kappa shape index (κ2) is 7.53. The summed E-state index contributed by atoms with van der Waals surface area (Å²) in [6.45, 7) is 2.74. The first-order chi connectivity index (χ1) is 8.15. The Labute approximate surface area is 115 Å². The van der Waals surface area contributed by atoms with E-state index in [9.17, 15) is 4.79 Å². The largest absolute Gasteiger partial charge is 0.493 e. The van der Waals surface area contributed by atoms with Gasteiger partial charge in [0, 0.05) is 3.57 Å². The van der Waals surface area contributed by atoms with Crippen molar-refractivity contribution in [1.29, 1.82) is 0 Å². The number of hydrogen-bond donors (Lipinski definition) is 1. The monoisotopic (exact) mass is 348 g/mol. The van der Waals surface area contributed by atoms with Crippen LogP contribution in [0, 0.1) is 3.57 Å². The topological polar surface area (TPSA) is 46.5 Å². The van der Waals surface area contributed by atoms with Crippen LogP contribution in [0.15, 0.2) is 18.2 Å². The van der Waals surface area contributed by atoms with Crippen LogP contribution in [0.5, 0.6) is 5.75 Å². The lowest BCUT2D eigenvalue weighted by Crippen LogP contribution is -2.04. The number of halogens is 1. The van der Waals surface area contributed by atoms with Gasteiger partial charge in [-0.3, -0.25) is 0 Å². The molecular formula is C13H17IO3. The van der Waals surface area contributed by atoms with Gasteiger partial charge in [0.1, 0.15) is 11.3 Å². The van der Waals surface area contributed by atoms with Crippen molar-refractivity contribution in [2.24, 2.45) is 0 Å². The highest BCUT2D eigenvalue weighted by Crippen LogP contribution is 2.22. The first kappa shape index (κ1) is 14.3. The summed E-state index contributed by atoms with van der Waals surface area (Å²) in [5.41, 5.74) is 0.237. The summed E-state index contributed by atoms with van der Waals surface area (Å²) in [5, 5.41) is 9.01. The zero-order valence-electron chi connectivity index (χ0n) is 9.91. The number of carboxylic acids is 1. The average Bonchev–Trinajstić information content (AvgIpc) is 2.28. The molecule has 94 valence electrons. The molecule has 0 saturated carbocycles. The highest BCUT2D eigenvalue weighted by Gasteiger charge is 2.11. The smallest absolute Gasteiger partial charge is 0.339 e. The zero-order valence-corrected chi connectivity index (χ0v) is 12.1. The van der Waals surface area contributed by atoms with Crippen LogP contribution < -0.4 is 4.74 Å². The van der Waals surface area contributed by atoms with Crippen LogP contribution in [0.3, 0.4) is 0 Å². The maximum absolute atomic E-state index is 11.0. The Morgan fingerprint density at radius 2 is 2.12 bits per heavy atom. The number of benzene rings is 1. The van der Waals surface area contributed by atoms with Crippen molar-refractivity contribution in [2.45, 2.75) is 32.6 Å². The van der Waals surface area contributed by atoms with Crippen LogP contribution in [0.4, 0.5) is 0 Å². The Bertz CT molecular complexity index is 377. The molecule has 0 fully saturated rings. The summed E-state index contributed by atoms with van der Waals surface area (Å²) in [4.78, 5) is 11.0. The Hall–Kier alpha value is -0.780. The summed E-state index contributed by atoms with van der Waals surface area (Å²) in [7, 11) is 0. The molecule has 0 aromatic heterocycles. The van der Waals surface area contributed by atoms with Crippen LogP contribution in [0.2, 0.25) is 0 Å². The van der Waals surface area contributed by atoms with E-state index >= 15 is 0 Å². The summed E-state index contributed by atoms with van der Waals surface area (Å²) >= 11 is 2.15. The molecule has 1 aromatic carbocycles. The predicted octanol–water partition coefficient (Wildman–Crippen LogP) is 3.95. The van der Waals surface area contributed by atoms with E-state index in [4.69, 9.17) is 9.84 Å². The molecule has 3 nitrogen and oxygen atoms in total. The first-order valence-electron chi connectivity index (χ1n) is 5.80. The van der Waals surface area contributed by atoms with Crippen LogP contribution in [-0.4, -0.2) is 17.7 Å². The Kier molecular flexibility index (Phi) is 6.32. The lowest BCUT2D eigenvalue weighted by Gasteiger charge is -2.09. The Balaban J connectivity index is 2.56. The molecule has 0 spiro atoms. The van der Waals surface area contributed by atoms with Gasteiger partial charge in [0.2, 0.25) is 0 Å². The van der Waals surface area contributed by atoms with Crippen LogP contribution in [-0.2, 0) is 0 Å². The molecule has 1 N–H and O–H groups in total. The van der Waals surface area contributed by atoms with Gasteiger partial charge in [0.05, 0.1) is 6.61 Å². The third-order valence-electron chi connectivity index (χ3n) is 2.43. The van der Waals surface area contributed by atoms with Crippen molar-refractivity contribution >= 4 is 28.6 Å². The van der Waals surface area contributed by atoms with Crippen molar-refractivity contribution in [2.75, 3.05) is 6.61 Å². The van der Waals surface area contributed by atoms with Gasteiger partial charge in [-0.15, -0.1) is 0 Å². The lowest BCUT2D eigenvalue weighted by molar-refractivity contribution is 0.0692. The molecule has 0 atom stereocenters. The normalized spacial score (nSPS) is 10.2. The van der Waals surface area contributed by atoms with Crippen molar-refractivity contribution in [3.05, 3.63) is 27.3 Å². The van der Waals surface area contributed by atoms with E-state index in [1.807, 2.05) is 0 Å². The van der Waals surface area contributed by atoms with E-state index in [1.165, 1.54) is 12.8 Å². The maximum atomic E-state index is 11.0. The van der Waals surface area contributed by atoms with Crippen molar-refractivity contribution in [3.63, 3.8) is 0 Å². The fraction of sp³-hybridized carbons (Fsp3) is 0.462. The van der Waals surface area contributed by atoms with Gasteiger partial charge in [-0.2, -0.15) is 0 Å². The molecule has 1 rings (SSSR count). The van der Waals surface area contributed by atoms with Gasteiger partial charge in [-0.25, -0.2) is 4.79 Å². The number of carboxylic acid groups (broad SMARTS) is 1. The number of aromatic carboxylic acids is 1. The molecule has 1 aromatic rings. The molecule has 0 aliphatic heterocycles. The first-order valence-corrected chi connectivity index (χ1v) is 6.88. The number of ether oxygens (including phenoxy) is 1. The second-order valence-electron chi connectivity index (χ2n) is 3.85. The highest BCUT2D eigenvalue weighted by molar-refractivity contribution is 14.1. The van der Waals surface area contributed by atoms with E-state index < -0.39 is 5.97 Å². The van der Waals surface area contributed by atoms with E-state index in [1.54, 1.807) is 18.2 Å². The van der Waals surface area contributed by atoms with Crippen molar-refractivity contribution in [3.8, 4) is 5.75 Å². The van der Waals surface area contributed by atoms with Crippen LogP contribution in [0.25, 0.3) is 0 Å². The predicted molar refractivity (Wildman–Crippen MR) is 75.8 cm³/mol. The van der Waals surface area contributed by atoms with Gasteiger partial charge < -0.3 is 9.84 Å².